The molecule has 0 bridgehead atoms. The molecule has 3 N–H and O–H groups in total. The molecule has 1 atom stereocenters. The predicted molar refractivity (Wildman–Crippen MR) is 82.6 cm³/mol. The molecule has 7 heteroatoms. The minimum Gasteiger partial charge on any atom is -0.467 e. The van der Waals surface area contributed by atoms with Crippen molar-refractivity contribution in [2.24, 2.45) is 0 Å². The summed E-state index contributed by atoms with van der Waals surface area (Å²) in [7, 11) is 0. The van der Waals surface area contributed by atoms with Crippen LogP contribution in [0.5, 0.6) is 0 Å². The van der Waals surface area contributed by atoms with Gasteiger partial charge in [-0.05, 0) is 31.9 Å². The van der Waals surface area contributed by atoms with E-state index < -0.39 is 0 Å². The van der Waals surface area contributed by atoms with Crippen molar-refractivity contribution in [3.05, 3.63) is 29.0 Å². The van der Waals surface area contributed by atoms with Crippen LogP contribution < -0.4 is 16.0 Å². The van der Waals surface area contributed by atoms with Gasteiger partial charge in [0.2, 0.25) is 0 Å². The number of hydrogen-bond donors (Lipinski definition) is 2. The maximum atomic E-state index is 12.3. The first-order chi connectivity index (χ1) is 10.1. The zero-order chi connectivity index (χ0) is 14.8. The maximum Gasteiger partial charge on any atom is 0.265 e. The minimum absolute atomic E-state index is 0.204. The Morgan fingerprint density at radius 2 is 2.29 bits per heavy atom. The van der Waals surface area contributed by atoms with Crippen molar-refractivity contribution < 1.29 is 9.21 Å². The molecule has 6 nitrogen and oxygen atoms in total. The van der Waals surface area contributed by atoms with Crippen molar-refractivity contribution in [1.29, 1.82) is 0 Å². The maximum absolute atomic E-state index is 12.3. The lowest BCUT2D eigenvalue weighted by Crippen LogP contribution is -2.26. The van der Waals surface area contributed by atoms with E-state index in [1.807, 2.05) is 13.0 Å². The highest BCUT2D eigenvalue weighted by atomic mass is 32.1. The number of amides is 1. The second-order valence-electron chi connectivity index (χ2n) is 5.12. The van der Waals surface area contributed by atoms with E-state index in [1.54, 1.807) is 12.3 Å². The lowest BCUT2D eigenvalue weighted by molar-refractivity contribution is 0.0940. The van der Waals surface area contributed by atoms with Gasteiger partial charge in [-0.15, -0.1) is 0 Å². The van der Waals surface area contributed by atoms with Crippen molar-refractivity contribution in [2.45, 2.75) is 25.8 Å². The van der Waals surface area contributed by atoms with Crippen LogP contribution >= 0.6 is 11.3 Å². The monoisotopic (exact) mass is 306 g/mol. The van der Waals surface area contributed by atoms with E-state index in [1.165, 1.54) is 11.3 Å². The average Bonchev–Trinajstić information content (AvgIpc) is 3.20. The van der Waals surface area contributed by atoms with Crippen LogP contribution in [0.2, 0.25) is 0 Å². The summed E-state index contributed by atoms with van der Waals surface area (Å²) in [5, 5.41) is 3.72. The molecule has 1 amide bonds. The fraction of sp³-hybridized carbons (Fsp3) is 0.429. The van der Waals surface area contributed by atoms with Crippen LogP contribution in [0, 0.1) is 0 Å². The van der Waals surface area contributed by atoms with Crippen LogP contribution in [0.1, 0.15) is 41.2 Å². The van der Waals surface area contributed by atoms with Crippen LogP contribution in [0.15, 0.2) is 22.8 Å². The van der Waals surface area contributed by atoms with Crippen molar-refractivity contribution in [1.82, 2.24) is 10.3 Å². The van der Waals surface area contributed by atoms with E-state index in [0.717, 1.165) is 31.1 Å². The Morgan fingerprint density at radius 3 is 2.95 bits per heavy atom. The number of anilines is 2. The number of furan rings is 1. The highest BCUT2D eigenvalue weighted by Gasteiger charge is 2.23. The molecule has 1 fully saturated rings. The summed E-state index contributed by atoms with van der Waals surface area (Å²) in [6.45, 7) is 3.84. The molecule has 2 aromatic heterocycles. The zero-order valence-electron chi connectivity index (χ0n) is 11.8. The highest BCUT2D eigenvalue weighted by Crippen LogP contribution is 2.30. The van der Waals surface area contributed by atoms with Crippen LogP contribution in [-0.2, 0) is 0 Å². The molecule has 0 spiro atoms. The first-order valence-electron chi connectivity index (χ1n) is 7.00. The third kappa shape index (κ3) is 2.87. The molecule has 112 valence electrons. The standard InChI is InChI=1S/C14H18N4O2S/c1-9(10-5-4-8-20-10)16-13(19)11-12(15)17-14(21-11)18-6-2-3-7-18/h4-5,8-9H,2-3,6-7,15H2,1H3,(H,16,19). The molecule has 0 aliphatic carbocycles. The molecule has 3 rings (SSSR count). The fourth-order valence-corrected chi connectivity index (χ4v) is 3.34. The van der Waals surface area contributed by atoms with Crippen molar-refractivity contribution in [3.8, 4) is 0 Å². The van der Waals surface area contributed by atoms with Gasteiger partial charge in [0.25, 0.3) is 5.91 Å². The molecule has 0 saturated carbocycles. The Bertz CT molecular complexity index is 617. The molecule has 1 saturated heterocycles. The molecular weight excluding hydrogens is 288 g/mol. The lowest BCUT2D eigenvalue weighted by atomic mass is 10.2. The van der Waals surface area contributed by atoms with E-state index in [9.17, 15) is 4.79 Å². The number of rotatable bonds is 4. The van der Waals surface area contributed by atoms with Gasteiger partial charge in [0, 0.05) is 13.1 Å². The summed E-state index contributed by atoms with van der Waals surface area (Å²) in [5.41, 5.74) is 5.89. The van der Waals surface area contributed by atoms with Crippen LogP contribution in [-0.4, -0.2) is 24.0 Å². The van der Waals surface area contributed by atoms with Crippen LogP contribution in [0.25, 0.3) is 0 Å². The van der Waals surface area contributed by atoms with Gasteiger partial charge >= 0.3 is 0 Å². The van der Waals surface area contributed by atoms with Gasteiger partial charge in [-0.2, -0.15) is 0 Å². The Hall–Kier alpha value is -2.02. The quantitative estimate of drug-likeness (QED) is 0.906. The average molecular weight is 306 g/mol. The van der Waals surface area contributed by atoms with Crippen molar-refractivity contribution >= 4 is 28.2 Å². The van der Waals surface area contributed by atoms with Gasteiger partial charge < -0.3 is 20.4 Å². The van der Waals surface area contributed by atoms with E-state index in [4.69, 9.17) is 10.2 Å². The Kier molecular flexibility index (Phi) is 3.83. The summed E-state index contributed by atoms with van der Waals surface area (Å²) < 4.78 is 5.28. The van der Waals surface area contributed by atoms with E-state index in [-0.39, 0.29) is 11.9 Å². The van der Waals surface area contributed by atoms with Crippen molar-refractivity contribution in [3.63, 3.8) is 0 Å². The molecule has 1 aliphatic heterocycles. The summed E-state index contributed by atoms with van der Waals surface area (Å²) >= 11 is 1.35. The topological polar surface area (TPSA) is 84.4 Å². The number of carbonyl (C=O) groups is 1. The third-order valence-corrected chi connectivity index (χ3v) is 4.67. The van der Waals surface area contributed by atoms with Gasteiger partial charge in [0.05, 0.1) is 12.3 Å². The van der Waals surface area contributed by atoms with E-state index in [0.29, 0.717) is 16.5 Å². The molecule has 3 heterocycles. The Morgan fingerprint density at radius 1 is 1.52 bits per heavy atom. The molecule has 0 aromatic carbocycles. The van der Waals surface area contributed by atoms with E-state index >= 15 is 0 Å². The Labute approximate surface area is 127 Å². The molecule has 1 aliphatic rings. The lowest BCUT2D eigenvalue weighted by Gasteiger charge is -2.12. The number of nitrogen functional groups attached to an aromatic ring is 1. The zero-order valence-corrected chi connectivity index (χ0v) is 12.7. The number of carbonyl (C=O) groups excluding carboxylic acids is 1. The SMILES string of the molecule is CC(NC(=O)c1sc(N2CCCC2)nc1N)c1ccco1. The normalized spacial score (nSPS) is 16.1. The summed E-state index contributed by atoms with van der Waals surface area (Å²) in [6.07, 6.45) is 3.91. The first-order valence-corrected chi connectivity index (χ1v) is 7.82. The predicted octanol–water partition coefficient (Wildman–Crippen LogP) is 2.41. The molecule has 21 heavy (non-hydrogen) atoms. The highest BCUT2D eigenvalue weighted by molar-refractivity contribution is 7.18. The summed E-state index contributed by atoms with van der Waals surface area (Å²) in [6, 6.07) is 3.42. The number of hydrogen-bond acceptors (Lipinski definition) is 6. The van der Waals surface area contributed by atoms with Gasteiger partial charge in [-0.3, -0.25) is 4.79 Å². The summed E-state index contributed by atoms with van der Waals surface area (Å²) in [5.74, 6) is 0.802. The number of nitrogens with two attached hydrogens (primary N) is 1. The number of nitrogens with zero attached hydrogens (tertiary/aromatic N) is 2. The van der Waals surface area contributed by atoms with Crippen LogP contribution in [0.4, 0.5) is 10.9 Å². The van der Waals surface area contributed by atoms with Crippen molar-refractivity contribution in [2.75, 3.05) is 23.7 Å². The van der Waals surface area contributed by atoms with Gasteiger partial charge in [-0.25, -0.2) is 4.98 Å². The number of nitrogens with one attached hydrogen (secondary N) is 1. The van der Waals surface area contributed by atoms with Crippen LogP contribution in [0.3, 0.4) is 0 Å². The number of thiazole rings is 1. The second-order valence-corrected chi connectivity index (χ2v) is 6.09. The van der Waals surface area contributed by atoms with E-state index in [2.05, 4.69) is 15.2 Å². The van der Waals surface area contributed by atoms with Gasteiger partial charge in [0.15, 0.2) is 5.13 Å². The minimum atomic E-state index is -0.209. The molecular formula is C14H18N4O2S. The smallest absolute Gasteiger partial charge is 0.265 e. The largest absolute Gasteiger partial charge is 0.467 e. The molecule has 0 radical (unpaired) electrons. The molecule has 2 aromatic rings. The second kappa shape index (κ2) is 5.77. The first kappa shape index (κ1) is 13.9. The number of aromatic nitrogens is 1. The van der Waals surface area contributed by atoms with Gasteiger partial charge in [-0.1, -0.05) is 11.3 Å². The summed E-state index contributed by atoms with van der Waals surface area (Å²) in [4.78, 5) is 19.3. The Balaban J connectivity index is 1.72. The third-order valence-electron chi connectivity index (χ3n) is 3.54. The molecule has 1 unspecified atom stereocenters. The fourth-order valence-electron chi connectivity index (χ4n) is 2.40. The van der Waals surface area contributed by atoms with Gasteiger partial charge in [0.1, 0.15) is 16.5 Å².